The summed E-state index contributed by atoms with van der Waals surface area (Å²) in [7, 11) is -2.07. The Hall–Kier alpha value is -11.4. The lowest BCUT2D eigenvalue weighted by Gasteiger charge is -2.32. The number of aldehydes is 2. The molecule has 0 spiro atoms. The van der Waals surface area contributed by atoms with Crippen LogP contribution >= 0.6 is 97.1 Å². The Morgan fingerprint density at radius 2 is 0.866 bits per heavy atom. The van der Waals surface area contributed by atoms with E-state index in [1.807, 2.05) is 134 Å². The summed E-state index contributed by atoms with van der Waals surface area (Å²) in [5, 5.41) is 25.8. The Morgan fingerprint density at radius 3 is 1.39 bits per heavy atom. The largest absolute Gasteiger partial charge is 0.494 e. The molecule has 119 heavy (non-hydrogen) atoms. The van der Waals surface area contributed by atoms with Crippen LogP contribution in [0.4, 0.5) is 11.4 Å². The average molecular weight is 1780 g/mol. The molecule has 1 fully saturated rings. The summed E-state index contributed by atoms with van der Waals surface area (Å²) in [4.78, 5) is 60.8. The number of carbonyl (C=O) groups excluding carboxylic acids is 2. The first-order valence-electron chi connectivity index (χ1n) is 36.7. The van der Waals surface area contributed by atoms with Gasteiger partial charge in [0.1, 0.15) is 28.0 Å². The second-order valence-corrected chi connectivity index (χ2v) is 31.5. The highest BCUT2D eigenvalue weighted by Gasteiger charge is 2.52. The van der Waals surface area contributed by atoms with Crippen LogP contribution in [0.25, 0.3) is 122 Å². The topological polar surface area (TPSA) is 273 Å². The Labute approximate surface area is 725 Å². The minimum Gasteiger partial charge on any atom is -0.423 e. The molecule has 7 N–H and O–H groups in total. The second-order valence-electron chi connectivity index (χ2n) is 27.8. The number of anilines is 2. The van der Waals surface area contributed by atoms with E-state index in [-0.39, 0.29) is 22.2 Å². The smallest absolute Gasteiger partial charge is 0.423 e. The molecule has 0 amide bonds. The third kappa shape index (κ3) is 18.4. The van der Waals surface area contributed by atoms with Gasteiger partial charge in [0.25, 0.3) is 0 Å². The van der Waals surface area contributed by atoms with Crippen LogP contribution in [-0.2, 0) is 9.31 Å². The number of nitrogens with one attached hydrogen (secondary N) is 1. The number of H-pyrrole nitrogens is 1. The summed E-state index contributed by atoms with van der Waals surface area (Å²) in [6, 6.07) is 77.4. The maximum atomic E-state index is 10.9. The van der Waals surface area contributed by atoms with Gasteiger partial charge in [-0.3, -0.25) is 38.3 Å². The minimum atomic E-state index is -1.66. The SMILES string of the molecule is CC1(C)OB(c2ccc3c(c2)c2ncccc2n2c4ccccc4nc32)OC1(C)C.Clc1ccc(-c2nc3ccccc3[nH]2)c(-c2ncccc2Cl)c1.Clc1ccc2c(c1)c1ncccc1n1c3ccccc3nc21.Clc1cccnc1Br.Nc1ccccc1N.O=Cc1ccc(Cl)cc1-c1ncccc1Cl.O=Cc1ccc(Cl)cc1B(O)O. The first-order valence-corrected chi connectivity index (χ1v) is 40.2. The molecule has 20 rings (SSSR count). The Balaban J connectivity index is 0.000000119. The molecular formula is C90H67B2BrCl7N13O6. The quantitative estimate of drug-likeness (QED) is 0.0326. The van der Waals surface area contributed by atoms with Crippen LogP contribution in [0.3, 0.4) is 0 Å². The van der Waals surface area contributed by atoms with Gasteiger partial charge in [-0.05, 0) is 230 Å². The highest BCUT2D eigenvalue weighted by atomic mass is 79.9. The number of halogens is 8. The van der Waals surface area contributed by atoms with Gasteiger partial charge in [-0.15, -0.1) is 0 Å². The zero-order valence-corrected chi connectivity index (χ0v) is 70.4. The number of hydrogen-bond acceptors (Lipinski definition) is 16. The van der Waals surface area contributed by atoms with Crippen molar-refractivity contribution in [3.63, 3.8) is 0 Å². The van der Waals surface area contributed by atoms with Gasteiger partial charge >= 0.3 is 14.2 Å². The van der Waals surface area contributed by atoms with Crippen LogP contribution in [0.2, 0.25) is 35.2 Å². The second kappa shape index (κ2) is 36.8. The number of pyridine rings is 7. The standard InChI is InChI=1S/C24H22BN3O2.C18H11Cl2N3.C18H10ClN3.C12H7Cl2NO.C7H6BClO3.C6H8N2.C5H3BrClN/c1-23(2)24(3,4)30-25(29-23)15-11-12-16-17(14-15)21-20(10-7-13-26-21)28-19-9-6-5-8-18(19)27-22(16)28;19-11-7-8-12(13(10-11)17-14(20)4-3-9-21-17)18-22-15-5-1-2-6-16(15)23-18;19-11-7-8-12-13(10-11)17-16(6-3-9-20-17)22-15-5-2-1-4-14(15)21-18(12)22;13-9-4-3-8(7-16)10(6-9)12-11(14)2-1-5-15-12;9-6-2-1-5(4-10)7(3-6)8(11)12;7-5-3-1-2-4-6(5)8;6-5-4(7)2-1-3-8-5/h5-14H,1-4H3;1-10H,(H,22,23);1-10H;1-7H;1-4,11-12H;1-4H,7-8H2;1-3H. The monoisotopic (exact) mass is 1770 g/mol. The van der Waals surface area contributed by atoms with Crippen molar-refractivity contribution >= 4 is 234 Å². The molecule has 0 atom stereocenters. The van der Waals surface area contributed by atoms with Gasteiger partial charge < -0.3 is 35.8 Å². The lowest BCUT2D eigenvalue weighted by molar-refractivity contribution is 0.00578. The third-order valence-electron chi connectivity index (χ3n) is 19.7. The first kappa shape index (κ1) is 84.0. The molecule has 0 bridgehead atoms. The van der Waals surface area contributed by atoms with E-state index in [9.17, 15) is 9.59 Å². The van der Waals surface area contributed by atoms with Crippen molar-refractivity contribution in [2.75, 3.05) is 11.5 Å². The lowest BCUT2D eigenvalue weighted by atomic mass is 9.77. The van der Waals surface area contributed by atoms with Crippen LogP contribution in [0.1, 0.15) is 48.4 Å². The molecule has 29 heteroatoms. The number of rotatable bonds is 7. The third-order valence-corrected chi connectivity index (χ3v) is 22.4. The van der Waals surface area contributed by atoms with Crippen LogP contribution in [0, 0.1) is 0 Å². The number of fused-ring (bicyclic) bond motifs is 17. The average Bonchev–Trinajstić information content (AvgIpc) is 1.58. The number of imidazole rings is 3. The van der Waals surface area contributed by atoms with Crippen molar-refractivity contribution in [2.45, 2.75) is 38.9 Å². The van der Waals surface area contributed by atoms with Gasteiger partial charge in [0.05, 0.1) is 104 Å². The molecule has 9 aromatic carbocycles. The highest BCUT2D eigenvalue weighted by molar-refractivity contribution is 9.10. The molecule has 1 saturated heterocycles. The summed E-state index contributed by atoms with van der Waals surface area (Å²) in [5.74, 6) is 0.764. The van der Waals surface area contributed by atoms with Crippen molar-refractivity contribution in [1.82, 2.24) is 53.7 Å². The summed E-state index contributed by atoms with van der Waals surface area (Å²) in [5.41, 5.74) is 28.7. The number of benzene rings is 9. The molecule has 10 aromatic heterocycles. The van der Waals surface area contributed by atoms with E-state index in [1.54, 1.807) is 79.3 Å². The zero-order valence-electron chi connectivity index (χ0n) is 63.5. The van der Waals surface area contributed by atoms with Gasteiger partial charge in [-0.2, -0.15) is 0 Å². The number of nitrogens with two attached hydrogens (primary N) is 2. The summed E-state index contributed by atoms with van der Waals surface area (Å²) >= 11 is 44.9. The van der Waals surface area contributed by atoms with Gasteiger partial charge in [-0.25, -0.2) is 19.9 Å². The highest BCUT2D eigenvalue weighted by Crippen LogP contribution is 2.40. The van der Waals surface area contributed by atoms with E-state index in [1.165, 1.54) is 18.2 Å². The fourth-order valence-corrected chi connectivity index (χ4v) is 14.7. The molecule has 1 aliphatic heterocycles. The number of nitrogens with zero attached hydrogens (tertiary/aromatic N) is 10. The van der Waals surface area contributed by atoms with Crippen molar-refractivity contribution in [3.05, 3.63) is 331 Å². The van der Waals surface area contributed by atoms with Crippen LogP contribution < -0.4 is 22.4 Å². The van der Waals surface area contributed by atoms with E-state index in [4.69, 9.17) is 127 Å². The molecule has 0 aliphatic carbocycles. The Bertz CT molecular complexity index is 6890. The van der Waals surface area contributed by atoms with E-state index in [2.05, 4.69) is 131 Å². The van der Waals surface area contributed by atoms with E-state index < -0.39 is 14.2 Å². The predicted molar refractivity (Wildman–Crippen MR) is 490 cm³/mol. The maximum Gasteiger partial charge on any atom is 0.494 e. The molecular weight excluding hydrogens is 1710 g/mol. The molecule has 590 valence electrons. The van der Waals surface area contributed by atoms with Crippen molar-refractivity contribution in [3.8, 4) is 33.9 Å². The summed E-state index contributed by atoms with van der Waals surface area (Å²) in [6.45, 7) is 8.30. The van der Waals surface area contributed by atoms with Crippen molar-refractivity contribution < 1.29 is 28.9 Å². The van der Waals surface area contributed by atoms with Gasteiger partial charge in [-0.1, -0.05) is 154 Å². The fraction of sp³-hybridized carbons (Fsp3) is 0.0667. The van der Waals surface area contributed by atoms with Crippen molar-refractivity contribution in [2.24, 2.45) is 0 Å². The normalized spacial score (nSPS) is 12.5. The number of nitrogen functional groups attached to an aromatic ring is 2. The minimum absolute atomic E-state index is 0.123. The van der Waals surface area contributed by atoms with Gasteiger partial charge in [0.15, 0.2) is 6.29 Å². The van der Waals surface area contributed by atoms with E-state index in [0.717, 1.165) is 117 Å². The van der Waals surface area contributed by atoms with Crippen molar-refractivity contribution in [1.29, 1.82) is 0 Å². The lowest BCUT2D eigenvalue weighted by Crippen LogP contribution is -2.41. The molecule has 11 heterocycles. The zero-order chi connectivity index (χ0) is 83.8. The van der Waals surface area contributed by atoms with E-state index >= 15 is 0 Å². The fourth-order valence-electron chi connectivity index (χ4n) is 13.2. The molecule has 19 aromatic rings. The summed E-state index contributed by atoms with van der Waals surface area (Å²) < 4.78 is 17.6. The van der Waals surface area contributed by atoms with E-state index in [0.29, 0.717) is 79.9 Å². The number of hydrogen-bond donors (Lipinski definition) is 5. The Morgan fingerprint density at radius 1 is 0.429 bits per heavy atom. The molecule has 0 radical (unpaired) electrons. The Kier molecular flexibility index (Phi) is 26.0. The van der Waals surface area contributed by atoms with Crippen LogP contribution in [0.5, 0.6) is 0 Å². The molecule has 1 aliphatic rings. The van der Waals surface area contributed by atoms with Gasteiger partial charge in [0.2, 0.25) is 0 Å². The molecule has 0 saturated carbocycles. The number of aromatic nitrogens is 11. The van der Waals surface area contributed by atoms with Crippen LogP contribution in [-0.4, -0.2) is 102 Å². The van der Waals surface area contributed by atoms with Gasteiger partial charge in [0, 0.05) is 100 Å². The number of para-hydroxylation sites is 8. The first-order chi connectivity index (χ1) is 57.4. The molecule has 0 unspecified atom stereocenters. The molecule has 19 nitrogen and oxygen atoms in total. The number of carbonyl (C=O) groups is 2. The number of aromatic amines is 1. The summed E-state index contributed by atoms with van der Waals surface area (Å²) in [6.07, 6.45) is 9.97. The van der Waals surface area contributed by atoms with Crippen LogP contribution in [0.15, 0.2) is 284 Å². The predicted octanol–water partition coefficient (Wildman–Crippen LogP) is 22.0. The maximum absolute atomic E-state index is 10.9.